The van der Waals surface area contributed by atoms with E-state index in [0.717, 1.165) is 21.6 Å². The molecule has 3 rings (SSSR count). The fraction of sp³-hybridized carbons (Fsp3) is 0.150. The molecule has 10 heteroatoms. The minimum Gasteiger partial charge on any atom is -0.495 e. The molecular formula is C20H19BrN4O3S2. The highest BCUT2D eigenvalue weighted by Crippen LogP contribution is 2.41. The molecule has 0 bridgehead atoms. The number of sulfonamides is 1. The molecule has 0 aromatic heterocycles. The largest absolute Gasteiger partial charge is 0.495 e. The van der Waals surface area contributed by atoms with E-state index in [1.807, 2.05) is 31.2 Å². The van der Waals surface area contributed by atoms with Gasteiger partial charge in [0, 0.05) is 21.8 Å². The predicted molar refractivity (Wildman–Crippen MR) is 124 cm³/mol. The molecule has 3 aromatic carbocycles. The summed E-state index contributed by atoms with van der Waals surface area (Å²) < 4.78 is 35.0. The molecule has 0 radical (unpaired) electrons. The van der Waals surface area contributed by atoms with E-state index in [1.54, 1.807) is 25.3 Å². The van der Waals surface area contributed by atoms with Gasteiger partial charge in [-0.2, -0.15) is 0 Å². The predicted octanol–water partition coefficient (Wildman–Crippen LogP) is 5.91. The van der Waals surface area contributed by atoms with Crippen LogP contribution in [0.5, 0.6) is 5.75 Å². The maximum atomic E-state index is 13.0. The monoisotopic (exact) mass is 506 g/mol. The number of rotatable bonds is 6. The quantitative estimate of drug-likeness (QED) is 0.187. The summed E-state index contributed by atoms with van der Waals surface area (Å²) in [6.07, 6.45) is 0. The highest BCUT2D eigenvalue weighted by atomic mass is 79.9. The Morgan fingerprint density at radius 3 is 2.43 bits per heavy atom. The molecule has 0 aliphatic heterocycles. The van der Waals surface area contributed by atoms with Crippen molar-refractivity contribution in [2.45, 2.75) is 16.7 Å². The second-order valence-electron chi connectivity index (χ2n) is 6.03. The van der Waals surface area contributed by atoms with Crippen molar-refractivity contribution in [1.82, 2.24) is 0 Å². The third-order valence-electron chi connectivity index (χ3n) is 4.12. The first-order chi connectivity index (χ1) is 14.4. The maximum Gasteiger partial charge on any atom is 0.261 e. The summed E-state index contributed by atoms with van der Waals surface area (Å²) in [6.45, 7) is 2.32. The molecule has 0 aliphatic rings. The zero-order chi connectivity index (χ0) is 21.7. The van der Waals surface area contributed by atoms with E-state index in [0.29, 0.717) is 28.3 Å². The summed E-state index contributed by atoms with van der Waals surface area (Å²) in [5.41, 5.74) is 7.75. The van der Waals surface area contributed by atoms with Crippen LogP contribution in [0.25, 0.3) is 10.8 Å². The van der Waals surface area contributed by atoms with Gasteiger partial charge in [0.2, 0.25) is 5.17 Å². The van der Waals surface area contributed by atoms with Crippen molar-refractivity contribution in [3.63, 3.8) is 0 Å². The van der Waals surface area contributed by atoms with Crippen molar-refractivity contribution in [3.05, 3.63) is 59.1 Å². The van der Waals surface area contributed by atoms with Gasteiger partial charge in [0.25, 0.3) is 10.0 Å². The zero-order valence-electron chi connectivity index (χ0n) is 16.2. The Morgan fingerprint density at radius 1 is 1.17 bits per heavy atom. The standard InChI is InChI=1S/C20H19BrN4O3S2/c1-3-23-20(24-22)29-18-12-17(15-6-4-5-7-16(15)19(18)28-2)25-30(26,27)14-10-8-13(21)9-11-14/h4-12,22,25H,3H2,1-2H3. The van der Waals surface area contributed by atoms with Crippen LogP contribution in [0, 0.1) is 5.53 Å². The lowest BCUT2D eigenvalue weighted by atomic mass is 10.1. The first kappa shape index (κ1) is 22.3. The number of halogens is 1. The Kier molecular flexibility index (Phi) is 7.11. The van der Waals surface area contributed by atoms with E-state index < -0.39 is 10.0 Å². The van der Waals surface area contributed by atoms with Gasteiger partial charge in [0.05, 0.1) is 22.6 Å². The molecule has 0 aliphatic carbocycles. The van der Waals surface area contributed by atoms with E-state index in [-0.39, 0.29) is 10.1 Å². The van der Waals surface area contributed by atoms with Gasteiger partial charge in [-0.1, -0.05) is 40.2 Å². The van der Waals surface area contributed by atoms with Crippen LogP contribution in [0.15, 0.2) is 79.0 Å². The van der Waals surface area contributed by atoms with Gasteiger partial charge in [0.15, 0.2) is 0 Å². The summed E-state index contributed by atoms with van der Waals surface area (Å²) in [5.74, 6) is 0.564. The lowest BCUT2D eigenvalue weighted by Gasteiger charge is -2.16. The molecule has 3 aromatic rings. The lowest BCUT2D eigenvalue weighted by Crippen LogP contribution is -2.13. The second kappa shape index (κ2) is 9.59. The highest BCUT2D eigenvalue weighted by molar-refractivity contribution is 9.10. The average molecular weight is 507 g/mol. The molecule has 0 atom stereocenters. The summed E-state index contributed by atoms with van der Waals surface area (Å²) in [4.78, 5) is 4.93. The van der Waals surface area contributed by atoms with Crippen LogP contribution in [0.3, 0.4) is 0 Å². The van der Waals surface area contributed by atoms with Gasteiger partial charge in [-0.25, -0.2) is 13.9 Å². The number of nitrogens with zero attached hydrogens (tertiary/aromatic N) is 2. The summed E-state index contributed by atoms with van der Waals surface area (Å²) in [6, 6.07) is 15.4. The van der Waals surface area contributed by atoms with Crippen molar-refractivity contribution in [2.75, 3.05) is 18.4 Å². The summed E-state index contributed by atoms with van der Waals surface area (Å²) in [7, 11) is -2.27. The van der Waals surface area contributed by atoms with Crippen molar-refractivity contribution < 1.29 is 13.2 Å². The Balaban J connectivity index is 2.15. The number of ether oxygens (including phenoxy) is 1. The number of thioether (sulfide) groups is 1. The van der Waals surface area contributed by atoms with E-state index in [1.165, 1.54) is 12.1 Å². The Labute approximate surface area is 187 Å². The van der Waals surface area contributed by atoms with Gasteiger partial charge in [-0.05, 0) is 49.0 Å². The number of fused-ring (bicyclic) bond motifs is 1. The Hall–Kier alpha value is -2.43. The van der Waals surface area contributed by atoms with Crippen LogP contribution in [0.1, 0.15) is 6.92 Å². The van der Waals surface area contributed by atoms with Gasteiger partial charge >= 0.3 is 0 Å². The van der Waals surface area contributed by atoms with Crippen LogP contribution in [-0.2, 0) is 10.0 Å². The van der Waals surface area contributed by atoms with Gasteiger partial charge < -0.3 is 4.74 Å². The highest BCUT2D eigenvalue weighted by Gasteiger charge is 2.20. The molecule has 156 valence electrons. The lowest BCUT2D eigenvalue weighted by molar-refractivity contribution is 0.410. The topological polar surface area (TPSA) is 104 Å². The van der Waals surface area contributed by atoms with Crippen LogP contribution in [-0.4, -0.2) is 27.2 Å². The smallest absolute Gasteiger partial charge is 0.261 e. The minimum absolute atomic E-state index is 0.147. The number of anilines is 1. The number of hydrogen-bond acceptors (Lipinski definition) is 6. The average Bonchev–Trinajstić information content (AvgIpc) is 2.73. The number of benzene rings is 3. The van der Waals surface area contributed by atoms with Crippen molar-refractivity contribution in [3.8, 4) is 5.75 Å². The molecule has 7 nitrogen and oxygen atoms in total. The second-order valence-corrected chi connectivity index (χ2v) is 9.64. The fourth-order valence-electron chi connectivity index (χ4n) is 2.84. The number of nitrogens with one attached hydrogen (secondary N) is 2. The van der Waals surface area contributed by atoms with Gasteiger partial charge in [0.1, 0.15) is 5.75 Å². The molecule has 0 fully saturated rings. The molecule has 0 spiro atoms. The van der Waals surface area contributed by atoms with Crippen LogP contribution in [0.4, 0.5) is 5.69 Å². The van der Waals surface area contributed by atoms with E-state index in [4.69, 9.17) is 10.3 Å². The van der Waals surface area contributed by atoms with Crippen molar-refractivity contribution in [2.24, 2.45) is 10.1 Å². The summed E-state index contributed by atoms with van der Waals surface area (Å²) >= 11 is 4.46. The normalized spacial score (nSPS) is 12.0. The molecular weight excluding hydrogens is 488 g/mol. The third-order valence-corrected chi connectivity index (χ3v) is 6.96. The Morgan fingerprint density at radius 2 is 1.83 bits per heavy atom. The van der Waals surface area contributed by atoms with Crippen LogP contribution < -0.4 is 9.46 Å². The minimum atomic E-state index is -3.81. The summed E-state index contributed by atoms with van der Waals surface area (Å²) in [5, 5.41) is 5.14. The molecule has 0 saturated heterocycles. The van der Waals surface area contributed by atoms with Crippen molar-refractivity contribution >= 4 is 59.3 Å². The first-order valence-corrected chi connectivity index (χ1v) is 12.0. The molecule has 0 amide bonds. The fourth-order valence-corrected chi connectivity index (χ4v) is 5.07. The van der Waals surface area contributed by atoms with E-state index >= 15 is 0 Å². The molecule has 30 heavy (non-hydrogen) atoms. The number of amidine groups is 1. The maximum absolute atomic E-state index is 13.0. The third kappa shape index (κ3) is 4.82. The molecule has 0 heterocycles. The number of methoxy groups -OCH3 is 1. The molecule has 2 N–H and O–H groups in total. The van der Waals surface area contributed by atoms with E-state index in [2.05, 4.69) is 30.8 Å². The van der Waals surface area contributed by atoms with Gasteiger partial charge in [-0.15, -0.1) is 5.11 Å². The van der Waals surface area contributed by atoms with Gasteiger partial charge in [-0.3, -0.25) is 9.71 Å². The molecule has 0 saturated carbocycles. The van der Waals surface area contributed by atoms with Crippen LogP contribution in [0.2, 0.25) is 0 Å². The van der Waals surface area contributed by atoms with E-state index in [9.17, 15) is 8.42 Å². The zero-order valence-corrected chi connectivity index (χ0v) is 19.4. The first-order valence-electron chi connectivity index (χ1n) is 8.87. The SMILES string of the molecule is CCN=C(N=N)Sc1cc(NS(=O)(=O)c2ccc(Br)cc2)c2ccccc2c1OC. The number of aliphatic imine (C=N–C) groups is 1. The van der Waals surface area contributed by atoms with Crippen LogP contribution >= 0.6 is 27.7 Å². The number of hydrogen-bond donors (Lipinski definition) is 2. The van der Waals surface area contributed by atoms with Crippen molar-refractivity contribution in [1.29, 1.82) is 5.53 Å². The Bertz CT molecular complexity index is 1210. The molecule has 0 unspecified atom stereocenters.